The monoisotopic (exact) mass is 247 g/mol. The number of anilines is 2. The van der Waals surface area contributed by atoms with E-state index in [0.29, 0.717) is 21.7 Å². The van der Waals surface area contributed by atoms with Crippen LogP contribution in [0.2, 0.25) is 10.0 Å². The highest BCUT2D eigenvalue weighted by molar-refractivity contribution is 6.37. The first-order valence-electron chi connectivity index (χ1n) is 4.96. The Kier molecular flexibility index (Phi) is 4.48. The highest BCUT2D eigenvalue weighted by Crippen LogP contribution is 2.29. The number of nitrogens with two attached hydrogens (primary N) is 1. The van der Waals surface area contributed by atoms with Crippen molar-refractivity contribution in [1.29, 1.82) is 0 Å². The normalized spacial score (nSPS) is 10.4. The van der Waals surface area contributed by atoms with Crippen LogP contribution in [-0.4, -0.2) is 18.1 Å². The number of nitrogen functional groups attached to an aromatic ring is 1. The van der Waals surface area contributed by atoms with E-state index < -0.39 is 0 Å². The van der Waals surface area contributed by atoms with Crippen LogP contribution in [-0.2, 0) is 0 Å². The van der Waals surface area contributed by atoms with E-state index >= 15 is 0 Å². The SMILES string of the molecule is CCCN(CC)c1nc(N)c(Cl)cc1Cl. The fourth-order valence-electron chi connectivity index (χ4n) is 1.38. The summed E-state index contributed by atoms with van der Waals surface area (Å²) in [6.45, 7) is 5.92. The minimum atomic E-state index is 0.325. The smallest absolute Gasteiger partial charge is 0.149 e. The van der Waals surface area contributed by atoms with Crippen molar-refractivity contribution >= 4 is 34.8 Å². The van der Waals surface area contributed by atoms with Crippen LogP contribution in [0.5, 0.6) is 0 Å². The van der Waals surface area contributed by atoms with Gasteiger partial charge in [-0.15, -0.1) is 0 Å². The van der Waals surface area contributed by atoms with Gasteiger partial charge in [0.05, 0.1) is 10.0 Å². The number of aromatic nitrogens is 1. The first kappa shape index (κ1) is 12.4. The Labute approximate surface area is 100 Å². The minimum Gasteiger partial charge on any atom is -0.382 e. The molecule has 0 aliphatic carbocycles. The first-order valence-corrected chi connectivity index (χ1v) is 5.72. The lowest BCUT2D eigenvalue weighted by atomic mass is 10.3. The van der Waals surface area contributed by atoms with E-state index in [2.05, 4.69) is 23.7 Å². The molecule has 0 bridgehead atoms. The Bertz CT molecular complexity index is 342. The fraction of sp³-hybridized carbons (Fsp3) is 0.500. The van der Waals surface area contributed by atoms with Gasteiger partial charge in [0.1, 0.15) is 11.6 Å². The van der Waals surface area contributed by atoms with Crippen LogP contribution in [0.4, 0.5) is 11.6 Å². The molecule has 0 fully saturated rings. The number of rotatable bonds is 4. The Morgan fingerprint density at radius 2 is 2.00 bits per heavy atom. The Balaban J connectivity index is 3.06. The van der Waals surface area contributed by atoms with Crippen molar-refractivity contribution in [3.8, 4) is 0 Å². The highest BCUT2D eigenvalue weighted by atomic mass is 35.5. The molecule has 0 unspecified atom stereocenters. The molecule has 0 spiro atoms. The largest absolute Gasteiger partial charge is 0.382 e. The van der Waals surface area contributed by atoms with Crippen LogP contribution in [0, 0.1) is 0 Å². The molecule has 5 heteroatoms. The molecule has 1 heterocycles. The molecule has 0 atom stereocenters. The maximum Gasteiger partial charge on any atom is 0.149 e. The molecule has 0 aliphatic rings. The molecule has 84 valence electrons. The third-order valence-electron chi connectivity index (χ3n) is 2.11. The van der Waals surface area contributed by atoms with Crippen molar-refractivity contribution in [2.45, 2.75) is 20.3 Å². The molecular weight excluding hydrogens is 233 g/mol. The molecule has 2 N–H and O–H groups in total. The predicted molar refractivity (Wildman–Crippen MR) is 66.8 cm³/mol. The summed E-state index contributed by atoms with van der Waals surface area (Å²) in [6, 6.07) is 1.64. The number of hydrogen-bond donors (Lipinski definition) is 1. The van der Waals surface area contributed by atoms with Crippen LogP contribution >= 0.6 is 23.2 Å². The van der Waals surface area contributed by atoms with Gasteiger partial charge in [0, 0.05) is 13.1 Å². The average Bonchev–Trinajstić information content (AvgIpc) is 2.20. The van der Waals surface area contributed by atoms with Crippen molar-refractivity contribution in [3.63, 3.8) is 0 Å². The highest BCUT2D eigenvalue weighted by Gasteiger charge is 2.12. The summed E-state index contributed by atoms with van der Waals surface area (Å²) in [5.41, 5.74) is 5.65. The molecule has 0 aromatic carbocycles. The van der Waals surface area contributed by atoms with Gasteiger partial charge in [-0.25, -0.2) is 4.98 Å². The molecule has 1 aromatic heterocycles. The lowest BCUT2D eigenvalue weighted by Crippen LogP contribution is -2.25. The molecule has 1 aromatic rings. The first-order chi connectivity index (χ1) is 7.10. The van der Waals surface area contributed by atoms with Gasteiger partial charge in [-0.05, 0) is 19.4 Å². The van der Waals surface area contributed by atoms with E-state index in [0.717, 1.165) is 19.5 Å². The van der Waals surface area contributed by atoms with Crippen LogP contribution in [0.1, 0.15) is 20.3 Å². The van der Waals surface area contributed by atoms with Crippen molar-refractivity contribution < 1.29 is 0 Å². The molecule has 3 nitrogen and oxygen atoms in total. The Morgan fingerprint density at radius 3 is 2.53 bits per heavy atom. The van der Waals surface area contributed by atoms with Gasteiger partial charge in [-0.1, -0.05) is 30.1 Å². The number of hydrogen-bond acceptors (Lipinski definition) is 3. The van der Waals surface area contributed by atoms with E-state index in [1.54, 1.807) is 6.07 Å². The van der Waals surface area contributed by atoms with Crippen molar-refractivity contribution in [1.82, 2.24) is 4.98 Å². The van der Waals surface area contributed by atoms with Crippen molar-refractivity contribution in [2.24, 2.45) is 0 Å². The van der Waals surface area contributed by atoms with Crippen LogP contribution in [0.3, 0.4) is 0 Å². The molecule has 0 saturated heterocycles. The number of halogens is 2. The van der Waals surface area contributed by atoms with Crippen molar-refractivity contribution in [3.05, 3.63) is 16.1 Å². The Morgan fingerprint density at radius 1 is 1.33 bits per heavy atom. The third-order valence-corrected chi connectivity index (χ3v) is 2.69. The van der Waals surface area contributed by atoms with Gasteiger partial charge >= 0.3 is 0 Å². The standard InChI is InChI=1S/C10H15Cl2N3/c1-3-5-15(4-2)10-8(12)6-7(11)9(13)14-10/h6H,3-5H2,1-2H3,(H2,13,14). The van der Waals surface area contributed by atoms with E-state index in [1.165, 1.54) is 0 Å². The fourth-order valence-corrected chi connectivity index (χ4v) is 1.85. The maximum absolute atomic E-state index is 6.07. The molecular formula is C10H15Cl2N3. The third kappa shape index (κ3) is 2.89. The van der Waals surface area contributed by atoms with Gasteiger partial charge in [-0.3, -0.25) is 0 Å². The average molecular weight is 248 g/mol. The lowest BCUT2D eigenvalue weighted by molar-refractivity contribution is 0.779. The van der Waals surface area contributed by atoms with E-state index in [4.69, 9.17) is 28.9 Å². The van der Waals surface area contributed by atoms with Gasteiger partial charge in [0.2, 0.25) is 0 Å². The summed E-state index contributed by atoms with van der Waals surface area (Å²) in [4.78, 5) is 6.28. The zero-order valence-electron chi connectivity index (χ0n) is 8.93. The number of nitrogens with zero attached hydrogens (tertiary/aromatic N) is 2. The van der Waals surface area contributed by atoms with Gasteiger partial charge in [0.25, 0.3) is 0 Å². The zero-order valence-corrected chi connectivity index (χ0v) is 10.4. The molecule has 0 amide bonds. The summed E-state index contributed by atoms with van der Waals surface area (Å²) < 4.78 is 0. The Hall–Kier alpha value is -0.670. The molecule has 1 rings (SSSR count). The minimum absolute atomic E-state index is 0.325. The number of pyridine rings is 1. The van der Waals surface area contributed by atoms with Crippen LogP contribution in [0.25, 0.3) is 0 Å². The predicted octanol–water partition coefficient (Wildman–Crippen LogP) is 3.21. The van der Waals surface area contributed by atoms with Gasteiger partial charge in [-0.2, -0.15) is 0 Å². The summed E-state index contributed by atoms with van der Waals surface area (Å²) in [7, 11) is 0. The molecule has 0 radical (unpaired) electrons. The van der Waals surface area contributed by atoms with Crippen LogP contribution < -0.4 is 10.6 Å². The van der Waals surface area contributed by atoms with E-state index in [1.807, 2.05) is 0 Å². The summed E-state index contributed by atoms with van der Waals surface area (Å²) in [6.07, 6.45) is 1.04. The summed E-state index contributed by atoms with van der Waals surface area (Å²) in [5, 5.41) is 0.945. The zero-order chi connectivity index (χ0) is 11.4. The molecule has 15 heavy (non-hydrogen) atoms. The summed E-state index contributed by atoms with van der Waals surface area (Å²) >= 11 is 11.9. The molecule has 0 aliphatic heterocycles. The topological polar surface area (TPSA) is 42.2 Å². The maximum atomic E-state index is 6.07. The second-order valence-electron chi connectivity index (χ2n) is 3.24. The van der Waals surface area contributed by atoms with Gasteiger partial charge < -0.3 is 10.6 Å². The summed E-state index contributed by atoms with van der Waals surface area (Å²) in [5.74, 6) is 1.04. The second-order valence-corrected chi connectivity index (χ2v) is 4.05. The quantitative estimate of drug-likeness (QED) is 0.889. The van der Waals surface area contributed by atoms with E-state index in [-0.39, 0.29) is 0 Å². The van der Waals surface area contributed by atoms with Crippen LogP contribution in [0.15, 0.2) is 6.07 Å². The van der Waals surface area contributed by atoms with Gasteiger partial charge in [0.15, 0.2) is 0 Å². The molecule has 0 saturated carbocycles. The van der Waals surface area contributed by atoms with E-state index in [9.17, 15) is 0 Å². The second kappa shape index (κ2) is 5.42. The lowest BCUT2D eigenvalue weighted by Gasteiger charge is -2.22. The van der Waals surface area contributed by atoms with Crippen molar-refractivity contribution in [2.75, 3.05) is 23.7 Å².